The molecule has 0 radical (unpaired) electrons. The summed E-state index contributed by atoms with van der Waals surface area (Å²) >= 11 is 0. The number of aliphatic hydroxyl groups is 3. The predicted octanol–water partition coefficient (Wildman–Crippen LogP) is 2.73. The summed E-state index contributed by atoms with van der Waals surface area (Å²) in [6, 6.07) is 11.0. The molecule has 2 aromatic carbocycles. The molecular formula is C43H55N5O7. The van der Waals surface area contributed by atoms with Crippen molar-refractivity contribution in [1.82, 2.24) is 14.8 Å². The molecule has 1 aromatic heterocycles. The number of rotatable bonds is 6. The van der Waals surface area contributed by atoms with Gasteiger partial charge < -0.3 is 40.4 Å². The number of fused-ring (bicyclic) bond motifs is 6. The second-order valence-corrected chi connectivity index (χ2v) is 17.5. The van der Waals surface area contributed by atoms with Gasteiger partial charge in [-0.3, -0.25) is 19.4 Å². The Bertz CT molecular complexity index is 2120. The summed E-state index contributed by atoms with van der Waals surface area (Å²) in [5.41, 5.74) is 4.72. The van der Waals surface area contributed by atoms with Crippen LogP contribution in [-0.4, -0.2) is 125 Å². The molecule has 5 aliphatic heterocycles. The highest BCUT2D eigenvalue weighted by atomic mass is 16.5. The van der Waals surface area contributed by atoms with Crippen molar-refractivity contribution < 1.29 is 34.4 Å². The zero-order valence-electron chi connectivity index (χ0n) is 32.6. The lowest BCUT2D eigenvalue weighted by molar-refractivity contribution is -0.201. The summed E-state index contributed by atoms with van der Waals surface area (Å²) in [5.74, 6) is -1.00. The first-order chi connectivity index (χ1) is 26.3. The van der Waals surface area contributed by atoms with Crippen LogP contribution >= 0.6 is 0 Å². The van der Waals surface area contributed by atoms with E-state index in [0.717, 1.165) is 46.5 Å². The van der Waals surface area contributed by atoms with E-state index in [1.165, 1.54) is 7.11 Å². The normalized spacial score (nSPS) is 39.0. The molecule has 12 nitrogen and oxygen atoms in total. The number of ether oxygens (including phenoxy) is 2. The fraction of sp³-hybridized carbons (Fsp3) is 0.581. The molecule has 2 saturated heterocycles. The minimum absolute atomic E-state index is 0.0790. The summed E-state index contributed by atoms with van der Waals surface area (Å²) in [6.45, 7) is 7.39. The number of benzene rings is 2. The van der Waals surface area contributed by atoms with Crippen LogP contribution in [0, 0.1) is 11.3 Å². The molecule has 1 aliphatic carbocycles. The lowest BCUT2D eigenvalue weighted by Gasteiger charge is -2.63. The minimum Gasteiger partial charge on any atom is -0.496 e. The summed E-state index contributed by atoms with van der Waals surface area (Å²) in [7, 11) is 4.89. The molecule has 9 rings (SSSR count). The van der Waals surface area contributed by atoms with Gasteiger partial charge in [0.2, 0.25) is 0 Å². The number of esters is 1. The Kier molecular flexibility index (Phi) is 8.19. The fourth-order valence-corrected chi connectivity index (χ4v) is 13.1. The van der Waals surface area contributed by atoms with Crippen molar-refractivity contribution in [3.8, 4) is 5.75 Å². The maximum Gasteiger partial charge on any atom is 0.322 e. The number of hydrogen-bond donors (Lipinski definition) is 5. The van der Waals surface area contributed by atoms with Gasteiger partial charge in [0.1, 0.15) is 17.3 Å². The van der Waals surface area contributed by atoms with E-state index in [9.17, 15) is 20.1 Å². The Hall–Kier alpha value is -3.94. The molecule has 6 heterocycles. The number of primary amides is 1. The van der Waals surface area contributed by atoms with Gasteiger partial charge in [-0.2, -0.15) is 0 Å². The van der Waals surface area contributed by atoms with Crippen molar-refractivity contribution in [2.45, 2.75) is 92.6 Å². The Morgan fingerprint density at radius 3 is 2.53 bits per heavy atom. The molecule has 6 N–H and O–H groups in total. The van der Waals surface area contributed by atoms with Crippen LogP contribution in [0.5, 0.6) is 5.75 Å². The van der Waals surface area contributed by atoms with Crippen molar-refractivity contribution in [1.29, 1.82) is 0 Å². The molecule has 6 aliphatic rings. The van der Waals surface area contributed by atoms with Gasteiger partial charge in [0, 0.05) is 84.0 Å². The molecule has 12 heteroatoms. The van der Waals surface area contributed by atoms with E-state index in [1.807, 2.05) is 62.2 Å². The first-order valence-electron chi connectivity index (χ1n) is 20.0. The number of H-pyrrole nitrogens is 1. The second kappa shape index (κ2) is 12.3. The lowest BCUT2D eigenvalue weighted by atomic mass is 9.47. The van der Waals surface area contributed by atoms with E-state index >= 15 is 4.79 Å². The van der Waals surface area contributed by atoms with Crippen LogP contribution in [0.4, 0.5) is 5.69 Å². The van der Waals surface area contributed by atoms with Crippen LogP contribution < -0.4 is 15.4 Å². The van der Waals surface area contributed by atoms with Crippen molar-refractivity contribution >= 4 is 28.5 Å². The number of para-hydroxylation sites is 1. The van der Waals surface area contributed by atoms with Crippen LogP contribution in [0.1, 0.15) is 68.3 Å². The smallest absolute Gasteiger partial charge is 0.322 e. The van der Waals surface area contributed by atoms with E-state index < -0.39 is 51.5 Å². The SMILES string of the molecule is CC[C@]1(O)CC2CN(CCc3c([nH]c4ccccc34)[C@@](C(=O)OC)(c3cc4c(cc3OC)N(C)C3[C@@](O)(C(N)=O)C(O)[C@]5(CC)C=CCN6CC[C@]43C65)C2)C1. The monoisotopic (exact) mass is 753 g/mol. The first-order valence-corrected chi connectivity index (χ1v) is 20.0. The Morgan fingerprint density at radius 2 is 1.82 bits per heavy atom. The van der Waals surface area contributed by atoms with Gasteiger partial charge in [-0.1, -0.05) is 44.2 Å². The van der Waals surface area contributed by atoms with Gasteiger partial charge in [-0.25, -0.2) is 0 Å². The van der Waals surface area contributed by atoms with Crippen molar-refractivity contribution in [3.63, 3.8) is 0 Å². The molecule has 5 unspecified atom stereocenters. The average molecular weight is 754 g/mol. The van der Waals surface area contributed by atoms with Crippen LogP contribution in [0.3, 0.4) is 0 Å². The van der Waals surface area contributed by atoms with Crippen molar-refractivity contribution in [2.24, 2.45) is 17.1 Å². The van der Waals surface area contributed by atoms with Crippen molar-refractivity contribution in [3.05, 3.63) is 70.9 Å². The third-order valence-electron chi connectivity index (χ3n) is 15.2. The van der Waals surface area contributed by atoms with Crippen LogP contribution in [0.15, 0.2) is 48.6 Å². The summed E-state index contributed by atoms with van der Waals surface area (Å²) in [5, 5.41) is 38.0. The highest BCUT2D eigenvalue weighted by Crippen LogP contribution is 2.67. The van der Waals surface area contributed by atoms with Gasteiger partial charge >= 0.3 is 5.97 Å². The zero-order chi connectivity index (χ0) is 38.9. The third kappa shape index (κ3) is 4.51. The summed E-state index contributed by atoms with van der Waals surface area (Å²) in [6.07, 6.45) is 5.78. The van der Waals surface area contributed by atoms with Crippen molar-refractivity contribution in [2.75, 3.05) is 58.9 Å². The zero-order valence-corrected chi connectivity index (χ0v) is 32.6. The number of amides is 1. The number of aromatic amines is 1. The standard InChI is InChI=1S/C43H55N5O7/c1-6-39(52)21-25-22-42(38(51)55-5,33-27(13-17-47(23-25)24-39)26-11-8-9-12-30(26)45-33)29-19-28-31(20-32(29)54-4)46(3)35-41(28)15-18-48-16-10-14-40(7-2,34(41)48)36(49)43(35,53)37(44)50/h8-12,14,19-20,25,34-36,45,49,52-53H,6-7,13,15-18,21-24H2,1-5H3,(H2,44,50)/t25?,34?,35?,36?,39-,40+,41+,42-,43-/m0/s1. The number of nitrogens with zero attached hydrogens (tertiary/aromatic N) is 3. The number of carbonyl (C=O) groups is 2. The number of likely N-dealkylation sites (N-methyl/N-ethyl adjacent to an activating group) is 1. The lowest BCUT2D eigenvalue weighted by Crippen LogP contribution is -2.81. The van der Waals surface area contributed by atoms with Gasteiger partial charge in [-0.15, -0.1) is 0 Å². The van der Waals surface area contributed by atoms with Crippen LogP contribution in [0.2, 0.25) is 0 Å². The number of aromatic nitrogens is 1. The summed E-state index contributed by atoms with van der Waals surface area (Å²) < 4.78 is 12.2. The molecule has 294 valence electrons. The Morgan fingerprint density at radius 1 is 1.04 bits per heavy atom. The van der Waals surface area contributed by atoms with Gasteiger partial charge in [0.05, 0.1) is 25.9 Å². The van der Waals surface area contributed by atoms with Crippen LogP contribution in [-0.2, 0) is 31.6 Å². The maximum absolute atomic E-state index is 15.2. The highest BCUT2D eigenvalue weighted by molar-refractivity contribution is 5.95. The first kappa shape index (κ1) is 36.7. The van der Waals surface area contributed by atoms with Crippen LogP contribution in [0.25, 0.3) is 10.9 Å². The van der Waals surface area contributed by atoms with E-state index in [0.29, 0.717) is 69.5 Å². The Labute approximate surface area is 322 Å². The summed E-state index contributed by atoms with van der Waals surface area (Å²) in [4.78, 5) is 39.3. The number of piperidine rings is 1. The molecule has 10 atom stereocenters. The highest BCUT2D eigenvalue weighted by Gasteiger charge is 2.78. The molecule has 3 aromatic rings. The number of methoxy groups -OCH3 is 2. The number of aliphatic hydroxyl groups excluding tert-OH is 1. The number of anilines is 1. The van der Waals surface area contributed by atoms with E-state index in [4.69, 9.17) is 15.2 Å². The van der Waals surface area contributed by atoms with Gasteiger partial charge in [0.15, 0.2) is 5.60 Å². The molecule has 3 fully saturated rings. The van der Waals surface area contributed by atoms with E-state index in [2.05, 4.69) is 26.9 Å². The topological polar surface area (TPSA) is 165 Å². The average Bonchev–Trinajstić information content (AvgIpc) is 3.84. The second-order valence-electron chi connectivity index (χ2n) is 17.5. The molecular weight excluding hydrogens is 699 g/mol. The molecule has 1 amide bonds. The minimum atomic E-state index is -2.30. The third-order valence-corrected chi connectivity index (χ3v) is 15.2. The fourth-order valence-electron chi connectivity index (χ4n) is 13.1. The molecule has 2 bridgehead atoms. The largest absolute Gasteiger partial charge is 0.496 e. The quantitative estimate of drug-likeness (QED) is 0.187. The Balaban J connectivity index is 1.36. The maximum atomic E-state index is 15.2. The number of hydrogen-bond acceptors (Lipinski definition) is 10. The van der Waals surface area contributed by atoms with Gasteiger partial charge in [-0.05, 0) is 74.2 Å². The molecule has 1 saturated carbocycles. The van der Waals surface area contributed by atoms with Gasteiger partial charge in [0.25, 0.3) is 5.91 Å². The predicted molar refractivity (Wildman–Crippen MR) is 208 cm³/mol. The number of nitrogens with one attached hydrogen (secondary N) is 1. The molecule has 55 heavy (non-hydrogen) atoms. The molecule has 1 spiro atoms. The number of nitrogens with two attached hydrogens (primary N) is 1. The number of carbonyl (C=O) groups excluding carboxylic acids is 2. The van der Waals surface area contributed by atoms with E-state index in [-0.39, 0.29) is 12.0 Å². The van der Waals surface area contributed by atoms with E-state index in [1.54, 1.807) is 7.11 Å².